The summed E-state index contributed by atoms with van der Waals surface area (Å²) in [4.78, 5) is 38.8. The summed E-state index contributed by atoms with van der Waals surface area (Å²) >= 11 is 0. The number of amides is 1. The Balaban J connectivity index is 1.30. The van der Waals surface area contributed by atoms with E-state index in [4.69, 9.17) is 4.74 Å². The van der Waals surface area contributed by atoms with Gasteiger partial charge in [-0.05, 0) is 39.9 Å². The molecule has 1 amide bonds. The Morgan fingerprint density at radius 3 is 2.26 bits per heavy atom. The number of hydrogen-bond donors (Lipinski definition) is 3. The molecule has 1 aliphatic carbocycles. The lowest BCUT2D eigenvalue weighted by molar-refractivity contribution is -0.139. The van der Waals surface area contributed by atoms with Crippen LogP contribution in [0, 0.1) is 0 Å². The maximum absolute atomic E-state index is 12.6. The van der Waals surface area contributed by atoms with Gasteiger partial charge >= 0.3 is 12.1 Å². The van der Waals surface area contributed by atoms with E-state index in [9.17, 15) is 19.5 Å². The Morgan fingerprint density at radius 2 is 1.59 bits per heavy atom. The number of fused-ring (bicyclic) bond motifs is 4. The Kier molecular flexibility index (Phi) is 5.59. The Bertz CT molecular complexity index is 1410. The van der Waals surface area contributed by atoms with Gasteiger partial charge in [-0.15, -0.1) is 0 Å². The first-order valence-electron chi connectivity index (χ1n) is 11.0. The molecule has 5 rings (SSSR count). The van der Waals surface area contributed by atoms with E-state index in [2.05, 4.69) is 10.3 Å². The van der Waals surface area contributed by atoms with Crippen LogP contribution < -0.4 is 10.9 Å². The van der Waals surface area contributed by atoms with Gasteiger partial charge in [0.1, 0.15) is 12.6 Å². The predicted octanol–water partition coefficient (Wildman–Crippen LogP) is 4.06. The lowest BCUT2D eigenvalue weighted by Crippen LogP contribution is -2.43. The summed E-state index contributed by atoms with van der Waals surface area (Å²) in [5.74, 6) is -1.29. The zero-order chi connectivity index (χ0) is 23.7. The Labute approximate surface area is 195 Å². The highest BCUT2D eigenvalue weighted by molar-refractivity contribution is 5.85. The van der Waals surface area contributed by atoms with Crippen molar-refractivity contribution in [1.82, 2.24) is 10.3 Å². The summed E-state index contributed by atoms with van der Waals surface area (Å²) in [5.41, 5.74) is 5.45. The number of aromatic amines is 1. The lowest BCUT2D eigenvalue weighted by atomic mass is 9.98. The highest BCUT2D eigenvalue weighted by Gasteiger charge is 2.30. The molecule has 34 heavy (non-hydrogen) atoms. The van der Waals surface area contributed by atoms with Gasteiger partial charge in [0.25, 0.3) is 0 Å². The number of nitrogens with one attached hydrogen (secondary N) is 2. The van der Waals surface area contributed by atoms with Crippen LogP contribution in [0.3, 0.4) is 0 Å². The van der Waals surface area contributed by atoms with Crippen molar-refractivity contribution in [3.05, 3.63) is 106 Å². The van der Waals surface area contributed by atoms with E-state index in [1.807, 2.05) is 48.5 Å². The average Bonchev–Trinajstić information content (AvgIpc) is 3.16. The molecule has 1 atom stereocenters. The molecule has 1 heterocycles. The van der Waals surface area contributed by atoms with Crippen molar-refractivity contribution >= 4 is 23.0 Å². The van der Waals surface area contributed by atoms with Crippen molar-refractivity contribution in [2.24, 2.45) is 0 Å². The zero-order valence-electron chi connectivity index (χ0n) is 18.2. The van der Waals surface area contributed by atoms with Gasteiger partial charge in [0, 0.05) is 29.3 Å². The zero-order valence-corrected chi connectivity index (χ0v) is 18.2. The van der Waals surface area contributed by atoms with Crippen molar-refractivity contribution in [1.29, 1.82) is 0 Å². The topological polar surface area (TPSA) is 108 Å². The van der Waals surface area contributed by atoms with Crippen LogP contribution in [0.1, 0.15) is 22.6 Å². The molecule has 0 saturated carbocycles. The van der Waals surface area contributed by atoms with Gasteiger partial charge in [0.15, 0.2) is 0 Å². The molecule has 0 saturated heterocycles. The SMILES string of the molecule is O=C(N[C@@H](Cc1cccc2[nH]c(=O)ccc12)C(=O)O)OCC1c2ccccc2-c2ccccc21. The van der Waals surface area contributed by atoms with Gasteiger partial charge in [-0.1, -0.05) is 60.7 Å². The standard InChI is InChI=1S/C27H22N2O5/c30-25-13-12-17-16(6-5-11-23(17)28-25)14-24(26(31)32)29-27(33)34-15-22-20-9-3-1-7-18(20)19-8-2-4-10-21(19)22/h1-13,22,24H,14-15H2,(H,28,30)(H,29,33)(H,31,32)/t24-/m0/s1. The summed E-state index contributed by atoms with van der Waals surface area (Å²) in [5, 5.41) is 12.9. The summed E-state index contributed by atoms with van der Waals surface area (Å²) in [6.45, 7) is 0.0989. The van der Waals surface area contributed by atoms with Crippen LogP contribution in [-0.2, 0) is 16.0 Å². The van der Waals surface area contributed by atoms with Gasteiger partial charge in [-0.3, -0.25) is 4.79 Å². The van der Waals surface area contributed by atoms with Gasteiger partial charge in [0.2, 0.25) is 5.56 Å². The first-order valence-corrected chi connectivity index (χ1v) is 11.0. The van der Waals surface area contributed by atoms with Crippen LogP contribution in [0.4, 0.5) is 4.79 Å². The molecular weight excluding hydrogens is 432 g/mol. The molecule has 1 aromatic heterocycles. The Hall–Kier alpha value is -4.39. The molecule has 7 nitrogen and oxygen atoms in total. The molecule has 0 fully saturated rings. The fourth-order valence-electron chi connectivity index (χ4n) is 4.63. The maximum Gasteiger partial charge on any atom is 0.407 e. The van der Waals surface area contributed by atoms with E-state index in [0.717, 1.165) is 27.6 Å². The predicted molar refractivity (Wildman–Crippen MR) is 128 cm³/mol. The minimum absolute atomic E-state index is 0.0446. The van der Waals surface area contributed by atoms with E-state index in [-0.39, 0.29) is 24.5 Å². The number of aromatic nitrogens is 1. The van der Waals surface area contributed by atoms with E-state index < -0.39 is 18.1 Å². The van der Waals surface area contributed by atoms with Crippen LogP contribution in [0.25, 0.3) is 22.0 Å². The van der Waals surface area contributed by atoms with Gasteiger partial charge in [-0.2, -0.15) is 0 Å². The second-order valence-electron chi connectivity index (χ2n) is 8.27. The fraction of sp³-hybridized carbons (Fsp3) is 0.148. The van der Waals surface area contributed by atoms with E-state index in [1.54, 1.807) is 24.3 Å². The maximum atomic E-state index is 12.6. The van der Waals surface area contributed by atoms with Crippen LogP contribution in [0.2, 0.25) is 0 Å². The van der Waals surface area contributed by atoms with Crippen molar-refractivity contribution in [3.8, 4) is 11.1 Å². The monoisotopic (exact) mass is 454 g/mol. The molecule has 0 bridgehead atoms. The summed E-state index contributed by atoms with van der Waals surface area (Å²) < 4.78 is 5.50. The molecule has 0 aliphatic heterocycles. The van der Waals surface area contributed by atoms with Crippen LogP contribution in [0.15, 0.2) is 83.7 Å². The molecule has 3 N–H and O–H groups in total. The van der Waals surface area contributed by atoms with Crippen molar-refractivity contribution in [3.63, 3.8) is 0 Å². The van der Waals surface area contributed by atoms with E-state index >= 15 is 0 Å². The second kappa shape index (κ2) is 8.86. The average molecular weight is 454 g/mol. The number of pyridine rings is 1. The van der Waals surface area contributed by atoms with Crippen LogP contribution in [0.5, 0.6) is 0 Å². The molecule has 4 aromatic rings. The largest absolute Gasteiger partial charge is 0.480 e. The van der Waals surface area contributed by atoms with E-state index in [0.29, 0.717) is 11.1 Å². The number of carboxylic acid groups (broad SMARTS) is 1. The van der Waals surface area contributed by atoms with Crippen molar-refractivity contribution < 1.29 is 19.4 Å². The summed E-state index contributed by atoms with van der Waals surface area (Å²) in [6, 6.07) is 23.1. The third-order valence-corrected chi connectivity index (χ3v) is 6.21. The first-order chi connectivity index (χ1) is 16.5. The van der Waals surface area contributed by atoms with Crippen LogP contribution in [-0.4, -0.2) is 34.8 Å². The molecule has 0 unspecified atom stereocenters. The second-order valence-corrected chi connectivity index (χ2v) is 8.27. The molecule has 1 aliphatic rings. The third-order valence-electron chi connectivity index (χ3n) is 6.21. The number of ether oxygens (including phenoxy) is 1. The molecule has 0 spiro atoms. The number of alkyl carbamates (subject to hydrolysis) is 1. The first kappa shape index (κ1) is 21.5. The van der Waals surface area contributed by atoms with Gasteiger partial charge < -0.3 is 20.1 Å². The summed E-state index contributed by atoms with van der Waals surface area (Å²) in [6.07, 6.45) is -0.744. The summed E-state index contributed by atoms with van der Waals surface area (Å²) in [7, 11) is 0. The molecule has 3 aromatic carbocycles. The number of aliphatic carboxylic acids is 1. The number of H-pyrrole nitrogens is 1. The number of rotatable bonds is 6. The number of carbonyl (C=O) groups excluding carboxylic acids is 1. The molecule has 170 valence electrons. The van der Waals surface area contributed by atoms with Gasteiger partial charge in [-0.25, -0.2) is 9.59 Å². The van der Waals surface area contributed by atoms with Crippen molar-refractivity contribution in [2.45, 2.75) is 18.4 Å². The molecule has 0 radical (unpaired) electrons. The van der Waals surface area contributed by atoms with Gasteiger partial charge in [0.05, 0.1) is 0 Å². The van der Waals surface area contributed by atoms with Crippen molar-refractivity contribution in [2.75, 3.05) is 6.61 Å². The minimum Gasteiger partial charge on any atom is -0.480 e. The Morgan fingerprint density at radius 1 is 0.912 bits per heavy atom. The minimum atomic E-state index is -1.19. The third kappa shape index (κ3) is 4.03. The smallest absolute Gasteiger partial charge is 0.407 e. The quantitative estimate of drug-likeness (QED) is 0.407. The normalized spacial score (nSPS) is 13.2. The number of benzene rings is 3. The lowest BCUT2D eigenvalue weighted by Gasteiger charge is -2.18. The van der Waals surface area contributed by atoms with Crippen LogP contribution >= 0.6 is 0 Å². The number of carbonyl (C=O) groups is 2. The van der Waals surface area contributed by atoms with E-state index in [1.165, 1.54) is 6.07 Å². The number of carboxylic acids is 1. The highest BCUT2D eigenvalue weighted by Crippen LogP contribution is 2.44. The number of hydrogen-bond acceptors (Lipinski definition) is 4. The fourth-order valence-corrected chi connectivity index (χ4v) is 4.63. The highest BCUT2D eigenvalue weighted by atomic mass is 16.5. The molecule has 7 heteroatoms. The molecular formula is C27H22N2O5.